The molecule has 0 saturated carbocycles. The number of rotatable bonds is 5. The van der Waals surface area contributed by atoms with Crippen LogP contribution in [0.15, 0.2) is 59.1 Å². The number of fused-ring (bicyclic) bond motifs is 1. The molecule has 0 aliphatic carbocycles. The third-order valence-electron chi connectivity index (χ3n) is 3.96. The van der Waals surface area contributed by atoms with Crippen LogP contribution in [0.4, 0.5) is 11.4 Å². The maximum atomic E-state index is 12.2. The SMILES string of the molecule is CCCc1cc(N)c2cc(NC(=O)C=Cc3ccc(Br)cc3)ccc2n1. The standard InChI is InChI=1S/C21H20BrN3O/c1-2-3-16-13-19(23)18-12-17(9-10-20(18)24-16)25-21(26)11-6-14-4-7-15(22)8-5-14/h4-13H,2-3H2,1H3,(H2,23,24)(H,25,26). The molecule has 1 aromatic heterocycles. The molecular formula is C21H20BrN3O. The Morgan fingerprint density at radius 3 is 2.69 bits per heavy atom. The number of hydrogen-bond acceptors (Lipinski definition) is 3. The van der Waals surface area contributed by atoms with Crippen molar-refractivity contribution < 1.29 is 4.79 Å². The fourth-order valence-corrected chi connectivity index (χ4v) is 2.97. The van der Waals surface area contributed by atoms with Gasteiger partial charge in [-0.25, -0.2) is 0 Å². The normalized spacial score (nSPS) is 11.2. The van der Waals surface area contributed by atoms with E-state index >= 15 is 0 Å². The molecule has 4 nitrogen and oxygen atoms in total. The summed E-state index contributed by atoms with van der Waals surface area (Å²) in [6, 6.07) is 15.2. The predicted molar refractivity (Wildman–Crippen MR) is 112 cm³/mol. The maximum absolute atomic E-state index is 12.2. The quantitative estimate of drug-likeness (QED) is 0.570. The van der Waals surface area contributed by atoms with Gasteiger partial charge in [-0.2, -0.15) is 0 Å². The molecule has 1 heterocycles. The largest absolute Gasteiger partial charge is 0.398 e. The first-order valence-corrected chi connectivity index (χ1v) is 9.28. The van der Waals surface area contributed by atoms with Crippen molar-refractivity contribution in [3.05, 3.63) is 70.3 Å². The number of nitrogen functional groups attached to an aromatic ring is 1. The number of nitrogens with two attached hydrogens (primary N) is 1. The Hall–Kier alpha value is -2.66. The molecule has 3 N–H and O–H groups in total. The lowest BCUT2D eigenvalue weighted by Crippen LogP contribution is -2.08. The van der Waals surface area contributed by atoms with E-state index in [-0.39, 0.29) is 5.91 Å². The van der Waals surface area contributed by atoms with Crippen molar-refractivity contribution in [2.75, 3.05) is 11.1 Å². The monoisotopic (exact) mass is 409 g/mol. The first kappa shape index (κ1) is 18.1. The molecule has 0 saturated heterocycles. The Kier molecular flexibility index (Phi) is 5.68. The molecular weight excluding hydrogens is 390 g/mol. The van der Waals surface area contributed by atoms with Crippen LogP contribution >= 0.6 is 15.9 Å². The lowest BCUT2D eigenvalue weighted by molar-refractivity contribution is -0.111. The smallest absolute Gasteiger partial charge is 0.248 e. The molecule has 3 rings (SSSR count). The van der Waals surface area contributed by atoms with Crippen molar-refractivity contribution in [3.63, 3.8) is 0 Å². The van der Waals surface area contributed by atoms with E-state index in [1.165, 1.54) is 6.08 Å². The van der Waals surface area contributed by atoms with Gasteiger partial charge in [0.2, 0.25) is 5.91 Å². The molecule has 3 aromatic rings. The number of aryl methyl sites for hydroxylation is 1. The Morgan fingerprint density at radius 2 is 1.96 bits per heavy atom. The van der Waals surface area contributed by atoms with Crippen LogP contribution in [-0.4, -0.2) is 10.9 Å². The summed E-state index contributed by atoms with van der Waals surface area (Å²) in [7, 11) is 0. The molecule has 1 amide bonds. The van der Waals surface area contributed by atoms with E-state index < -0.39 is 0 Å². The lowest BCUT2D eigenvalue weighted by Gasteiger charge is -2.08. The first-order valence-electron chi connectivity index (χ1n) is 8.49. The fraction of sp³-hybridized carbons (Fsp3) is 0.143. The number of aromatic nitrogens is 1. The number of anilines is 2. The number of nitrogens with one attached hydrogen (secondary N) is 1. The molecule has 0 aliphatic rings. The van der Waals surface area contributed by atoms with Crippen molar-refractivity contribution in [1.82, 2.24) is 4.98 Å². The Morgan fingerprint density at radius 1 is 1.19 bits per heavy atom. The zero-order chi connectivity index (χ0) is 18.5. The van der Waals surface area contributed by atoms with Gasteiger partial charge in [0.15, 0.2) is 0 Å². The van der Waals surface area contributed by atoms with Crippen LogP contribution in [0, 0.1) is 0 Å². The highest BCUT2D eigenvalue weighted by atomic mass is 79.9. The first-order chi connectivity index (χ1) is 12.5. The fourth-order valence-electron chi connectivity index (χ4n) is 2.70. The van der Waals surface area contributed by atoms with Gasteiger partial charge in [-0.1, -0.05) is 41.4 Å². The highest BCUT2D eigenvalue weighted by Crippen LogP contribution is 2.24. The van der Waals surface area contributed by atoms with Gasteiger partial charge in [0.1, 0.15) is 0 Å². The summed E-state index contributed by atoms with van der Waals surface area (Å²) < 4.78 is 1.00. The van der Waals surface area contributed by atoms with E-state index in [0.717, 1.165) is 39.5 Å². The molecule has 0 fully saturated rings. The van der Waals surface area contributed by atoms with Crippen LogP contribution in [0.5, 0.6) is 0 Å². The van der Waals surface area contributed by atoms with Gasteiger partial charge in [-0.3, -0.25) is 9.78 Å². The van der Waals surface area contributed by atoms with E-state index in [1.54, 1.807) is 6.08 Å². The highest BCUT2D eigenvalue weighted by Gasteiger charge is 2.06. The topological polar surface area (TPSA) is 68.0 Å². The summed E-state index contributed by atoms with van der Waals surface area (Å²) in [5.74, 6) is -0.193. The van der Waals surface area contributed by atoms with Crippen molar-refractivity contribution in [3.8, 4) is 0 Å². The minimum atomic E-state index is -0.193. The molecule has 0 radical (unpaired) electrons. The molecule has 0 bridgehead atoms. The number of benzene rings is 2. The van der Waals surface area contributed by atoms with Crippen LogP contribution in [-0.2, 0) is 11.2 Å². The van der Waals surface area contributed by atoms with Gasteiger partial charge in [-0.05, 0) is 54.5 Å². The second-order valence-electron chi connectivity index (χ2n) is 6.06. The predicted octanol–water partition coefficient (Wildman–Crippen LogP) is 5.18. The third-order valence-corrected chi connectivity index (χ3v) is 4.49. The van der Waals surface area contributed by atoms with E-state index in [0.29, 0.717) is 11.4 Å². The number of carbonyl (C=O) groups is 1. The molecule has 0 aliphatic heterocycles. The minimum absolute atomic E-state index is 0.193. The lowest BCUT2D eigenvalue weighted by atomic mass is 10.1. The van der Waals surface area contributed by atoms with Gasteiger partial charge < -0.3 is 11.1 Å². The second-order valence-corrected chi connectivity index (χ2v) is 6.97. The van der Waals surface area contributed by atoms with Crippen molar-refractivity contribution >= 4 is 50.2 Å². The molecule has 26 heavy (non-hydrogen) atoms. The summed E-state index contributed by atoms with van der Waals surface area (Å²) in [6.07, 6.45) is 5.21. The summed E-state index contributed by atoms with van der Waals surface area (Å²) in [5.41, 5.74) is 10.3. The molecule has 2 aromatic carbocycles. The number of hydrogen-bond donors (Lipinski definition) is 2. The van der Waals surface area contributed by atoms with E-state index in [9.17, 15) is 4.79 Å². The molecule has 5 heteroatoms. The van der Waals surface area contributed by atoms with Crippen molar-refractivity contribution in [2.45, 2.75) is 19.8 Å². The minimum Gasteiger partial charge on any atom is -0.398 e. The van der Waals surface area contributed by atoms with Crippen molar-refractivity contribution in [1.29, 1.82) is 0 Å². The van der Waals surface area contributed by atoms with Gasteiger partial charge in [0, 0.05) is 33.0 Å². The number of nitrogens with zero attached hydrogens (tertiary/aromatic N) is 1. The highest BCUT2D eigenvalue weighted by molar-refractivity contribution is 9.10. The van der Waals surface area contributed by atoms with Crippen LogP contribution in [0.1, 0.15) is 24.6 Å². The summed E-state index contributed by atoms with van der Waals surface area (Å²) in [5, 5.41) is 3.71. The average Bonchev–Trinajstić information content (AvgIpc) is 2.62. The average molecular weight is 410 g/mol. The molecule has 132 valence electrons. The number of carbonyl (C=O) groups excluding carboxylic acids is 1. The zero-order valence-corrected chi connectivity index (χ0v) is 16.1. The summed E-state index contributed by atoms with van der Waals surface area (Å²) in [6.45, 7) is 2.11. The number of halogens is 1. The van der Waals surface area contributed by atoms with Crippen LogP contribution in [0.2, 0.25) is 0 Å². The third kappa shape index (κ3) is 4.49. The Balaban J connectivity index is 1.75. The Bertz CT molecular complexity index is 965. The second kappa shape index (κ2) is 8.15. The number of pyridine rings is 1. The maximum Gasteiger partial charge on any atom is 0.248 e. The van der Waals surface area contributed by atoms with E-state index in [2.05, 4.69) is 33.2 Å². The van der Waals surface area contributed by atoms with Crippen LogP contribution in [0.25, 0.3) is 17.0 Å². The van der Waals surface area contributed by atoms with Gasteiger partial charge in [0.25, 0.3) is 0 Å². The van der Waals surface area contributed by atoms with Crippen LogP contribution < -0.4 is 11.1 Å². The summed E-state index contributed by atoms with van der Waals surface area (Å²) in [4.78, 5) is 16.8. The van der Waals surface area contributed by atoms with Crippen molar-refractivity contribution in [2.24, 2.45) is 0 Å². The van der Waals surface area contributed by atoms with Gasteiger partial charge in [0.05, 0.1) is 5.52 Å². The molecule has 0 spiro atoms. The zero-order valence-electron chi connectivity index (χ0n) is 14.5. The number of amides is 1. The molecule has 0 atom stereocenters. The Labute approximate surface area is 161 Å². The summed E-state index contributed by atoms with van der Waals surface area (Å²) >= 11 is 3.39. The van der Waals surface area contributed by atoms with E-state index in [1.807, 2.05) is 48.5 Å². The van der Waals surface area contributed by atoms with E-state index in [4.69, 9.17) is 5.73 Å². The molecule has 0 unspecified atom stereocenters. The van der Waals surface area contributed by atoms with Crippen LogP contribution in [0.3, 0.4) is 0 Å². The van der Waals surface area contributed by atoms with Gasteiger partial charge in [-0.15, -0.1) is 0 Å². The van der Waals surface area contributed by atoms with Gasteiger partial charge >= 0.3 is 0 Å².